The minimum absolute atomic E-state index is 0.262. The predicted octanol–water partition coefficient (Wildman–Crippen LogP) is 1.58. The first-order chi connectivity index (χ1) is 4.74. The maximum Gasteiger partial charge on any atom is 0.357 e. The zero-order valence-corrected chi connectivity index (χ0v) is 6.70. The third-order valence-electron chi connectivity index (χ3n) is 0.876. The molecule has 0 saturated heterocycles. The Bertz CT molecular complexity index is 248. The molecule has 1 rings (SSSR count). The Hall–Kier alpha value is -0.610. The van der Waals surface area contributed by atoms with Gasteiger partial charge in [0.15, 0.2) is 5.69 Å². The number of carbonyl (C=O) groups excluding carboxylic acids is 1. The van der Waals surface area contributed by atoms with Crippen LogP contribution in [0.25, 0.3) is 0 Å². The third kappa shape index (κ3) is 1.46. The number of esters is 1. The first kappa shape index (κ1) is 7.50. The number of aromatic nitrogens is 1. The molecule has 0 fully saturated rings. The largest absolute Gasteiger partial charge is 0.464 e. The SMILES string of the molecule is COC(=O)c1cc(Cl)sn1. The third-order valence-corrected chi connectivity index (χ3v) is 1.77. The van der Waals surface area contributed by atoms with E-state index in [9.17, 15) is 4.79 Å². The molecule has 0 amide bonds. The lowest BCUT2D eigenvalue weighted by molar-refractivity contribution is 0.0595. The molecule has 5 heteroatoms. The van der Waals surface area contributed by atoms with Crippen molar-refractivity contribution in [3.8, 4) is 0 Å². The van der Waals surface area contributed by atoms with Crippen LogP contribution in [0.4, 0.5) is 0 Å². The number of methoxy groups -OCH3 is 1. The number of hydrogen-bond donors (Lipinski definition) is 0. The van der Waals surface area contributed by atoms with E-state index in [1.807, 2.05) is 0 Å². The van der Waals surface area contributed by atoms with Crippen LogP contribution >= 0.6 is 23.1 Å². The van der Waals surface area contributed by atoms with Gasteiger partial charge in [-0.25, -0.2) is 4.79 Å². The molecule has 0 aliphatic heterocycles. The molecule has 0 aromatic carbocycles. The molecular weight excluding hydrogens is 174 g/mol. The van der Waals surface area contributed by atoms with Crippen LogP contribution in [0, 0.1) is 0 Å². The van der Waals surface area contributed by atoms with Gasteiger partial charge in [-0.2, -0.15) is 4.37 Å². The van der Waals surface area contributed by atoms with Gasteiger partial charge >= 0.3 is 5.97 Å². The minimum atomic E-state index is -0.455. The Morgan fingerprint density at radius 1 is 1.90 bits per heavy atom. The first-order valence-corrected chi connectivity index (χ1v) is 3.59. The maximum atomic E-state index is 10.7. The lowest BCUT2D eigenvalue weighted by atomic mass is 10.4. The summed E-state index contributed by atoms with van der Waals surface area (Å²) < 4.78 is 8.60. The summed E-state index contributed by atoms with van der Waals surface area (Å²) in [5, 5.41) is 0. The number of rotatable bonds is 1. The highest BCUT2D eigenvalue weighted by Gasteiger charge is 2.08. The molecule has 0 aliphatic carbocycles. The van der Waals surface area contributed by atoms with E-state index in [4.69, 9.17) is 11.6 Å². The summed E-state index contributed by atoms with van der Waals surface area (Å²) in [5.74, 6) is -0.455. The van der Waals surface area contributed by atoms with Crippen LogP contribution in [0.2, 0.25) is 4.34 Å². The Labute approximate surface area is 66.7 Å². The van der Waals surface area contributed by atoms with Crippen molar-refractivity contribution in [2.45, 2.75) is 0 Å². The monoisotopic (exact) mass is 177 g/mol. The molecule has 1 aromatic heterocycles. The second-order valence-electron chi connectivity index (χ2n) is 1.51. The zero-order chi connectivity index (χ0) is 7.56. The molecule has 10 heavy (non-hydrogen) atoms. The highest BCUT2D eigenvalue weighted by atomic mass is 35.5. The zero-order valence-electron chi connectivity index (χ0n) is 5.13. The van der Waals surface area contributed by atoms with Gasteiger partial charge in [-0.1, -0.05) is 11.6 Å². The second kappa shape index (κ2) is 2.98. The highest BCUT2D eigenvalue weighted by molar-refractivity contribution is 7.10. The summed E-state index contributed by atoms with van der Waals surface area (Å²) in [6.07, 6.45) is 0. The quantitative estimate of drug-likeness (QED) is 0.612. The molecule has 3 nitrogen and oxygen atoms in total. The van der Waals surface area contributed by atoms with E-state index in [2.05, 4.69) is 9.11 Å². The molecule has 1 aromatic rings. The van der Waals surface area contributed by atoms with Gasteiger partial charge in [0.1, 0.15) is 4.34 Å². The molecule has 0 bridgehead atoms. The number of ether oxygens (including phenoxy) is 1. The van der Waals surface area contributed by atoms with Gasteiger partial charge in [0.25, 0.3) is 0 Å². The second-order valence-corrected chi connectivity index (χ2v) is 2.94. The van der Waals surface area contributed by atoms with Crippen LogP contribution in [0.5, 0.6) is 0 Å². The van der Waals surface area contributed by atoms with Crippen LogP contribution in [-0.4, -0.2) is 17.5 Å². The lowest BCUT2D eigenvalue weighted by Gasteiger charge is -1.89. The standard InChI is InChI=1S/C5H4ClNO2S/c1-9-5(8)3-2-4(6)10-7-3/h2H,1H3. The Balaban J connectivity index is 2.85. The molecular formula is C5H4ClNO2S. The summed E-state index contributed by atoms with van der Waals surface area (Å²) in [7, 11) is 1.30. The van der Waals surface area contributed by atoms with Crippen molar-refractivity contribution in [1.29, 1.82) is 0 Å². The van der Waals surface area contributed by atoms with Crippen LogP contribution in [-0.2, 0) is 4.74 Å². The fourth-order valence-corrected chi connectivity index (χ4v) is 1.14. The lowest BCUT2D eigenvalue weighted by Crippen LogP contribution is -2.00. The highest BCUT2D eigenvalue weighted by Crippen LogP contribution is 2.15. The van der Waals surface area contributed by atoms with Crippen molar-refractivity contribution in [3.05, 3.63) is 16.1 Å². The topological polar surface area (TPSA) is 39.2 Å². The van der Waals surface area contributed by atoms with Crippen LogP contribution in [0.1, 0.15) is 10.5 Å². The van der Waals surface area contributed by atoms with Crippen molar-refractivity contribution in [2.75, 3.05) is 7.11 Å². The van der Waals surface area contributed by atoms with E-state index in [-0.39, 0.29) is 5.69 Å². The fourth-order valence-electron chi connectivity index (χ4n) is 0.454. The summed E-state index contributed by atoms with van der Waals surface area (Å²) in [6, 6.07) is 1.47. The van der Waals surface area contributed by atoms with Crippen molar-refractivity contribution in [3.63, 3.8) is 0 Å². The molecule has 0 saturated carbocycles. The van der Waals surface area contributed by atoms with Crippen molar-refractivity contribution < 1.29 is 9.53 Å². The van der Waals surface area contributed by atoms with E-state index in [0.29, 0.717) is 4.34 Å². The van der Waals surface area contributed by atoms with Crippen molar-refractivity contribution in [1.82, 2.24) is 4.37 Å². The van der Waals surface area contributed by atoms with Gasteiger partial charge in [-0.3, -0.25) is 0 Å². The molecule has 0 aliphatic rings. The minimum Gasteiger partial charge on any atom is -0.464 e. The molecule has 0 N–H and O–H groups in total. The Kier molecular flexibility index (Phi) is 2.24. The van der Waals surface area contributed by atoms with Gasteiger partial charge in [0, 0.05) is 6.07 Å². The Morgan fingerprint density at radius 2 is 2.60 bits per heavy atom. The maximum absolute atomic E-state index is 10.7. The molecule has 54 valence electrons. The summed E-state index contributed by atoms with van der Waals surface area (Å²) in [5.41, 5.74) is 0.262. The smallest absolute Gasteiger partial charge is 0.357 e. The van der Waals surface area contributed by atoms with E-state index >= 15 is 0 Å². The molecule has 0 unspecified atom stereocenters. The molecule has 1 heterocycles. The van der Waals surface area contributed by atoms with Gasteiger partial charge in [-0.05, 0) is 11.5 Å². The van der Waals surface area contributed by atoms with E-state index in [1.165, 1.54) is 13.2 Å². The summed E-state index contributed by atoms with van der Waals surface area (Å²) in [6.45, 7) is 0. The normalized spacial score (nSPS) is 9.40. The summed E-state index contributed by atoms with van der Waals surface area (Å²) >= 11 is 6.57. The van der Waals surface area contributed by atoms with E-state index in [1.54, 1.807) is 0 Å². The number of hydrogen-bond acceptors (Lipinski definition) is 4. The predicted molar refractivity (Wildman–Crippen MR) is 38.5 cm³/mol. The number of nitrogens with zero attached hydrogens (tertiary/aromatic N) is 1. The van der Waals surface area contributed by atoms with E-state index in [0.717, 1.165) is 11.5 Å². The number of halogens is 1. The van der Waals surface area contributed by atoms with Crippen molar-refractivity contribution in [2.24, 2.45) is 0 Å². The van der Waals surface area contributed by atoms with Crippen molar-refractivity contribution >= 4 is 29.1 Å². The van der Waals surface area contributed by atoms with Crippen LogP contribution in [0.15, 0.2) is 6.07 Å². The van der Waals surface area contributed by atoms with Gasteiger partial charge < -0.3 is 4.74 Å². The van der Waals surface area contributed by atoms with Gasteiger partial charge in [0.05, 0.1) is 7.11 Å². The van der Waals surface area contributed by atoms with Crippen LogP contribution in [0.3, 0.4) is 0 Å². The van der Waals surface area contributed by atoms with Crippen LogP contribution < -0.4 is 0 Å². The first-order valence-electron chi connectivity index (χ1n) is 2.44. The Morgan fingerprint density at radius 3 is 3.00 bits per heavy atom. The molecule has 0 atom stereocenters. The van der Waals surface area contributed by atoms with Gasteiger partial charge in [0.2, 0.25) is 0 Å². The molecule has 0 spiro atoms. The average molecular weight is 178 g/mol. The van der Waals surface area contributed by atoms with E-state index < -0.39 is 5.97 Å². The molecule has 0 radical (unpaired) electrons. The average Bonchev–Trinajstić information content (AvgIpc) is 2.34. The fraction of sp³-hybridized carbons (Fsp3) is 0.200. The number of carbonyl (C=O) groups is 1. The van der Waals surface area contributed by atoms with Gasteiger partial charge in [-0.15, -0.1) is 0 Å². The summed E-state index contributed by atoms with van der Waals surface area (Å²) in [4.78, 5) is 10.7.